The van der Waals surface area contributed by atoms with E-state index in [1.807, 2.05) is 12.1 Å². The van der Waals surface area contributed by atoms with Crippen LogP contribution in [-0.2, 0) is 11.8 Å². The Morgan fingerprint density at radius 3 is 3.06 bits per heavy atom. The molecule has 2 bridgehead atoms. The number of benzene rings is 1. The lowest BCUT2D eigenvalue weighted by Crippen LogP contribution is -2.51. The molecule has 0 amide bonds. The number of nitrogens with zero attached hydrogens (tertiary/aromatic N) is 1. The first-order chi connectivity index (χ1) is 8.12. The third-order valence-corrected chi connectivity index (χ3v) is 4.76. The summed E-state index contributed by atoms with van der Waals surface area (Å²) in [4.78, 5) is 2.61. The van der Waals surface area contributed by atoms with Crippen molar-refractivity contribution < 1.29 is 5.11 Å². The summed E-state index contributed by atoms with van der Waals surface area (Å²) in [6.07, 6.45) is 3.62. The molecular weight excluding hydrogens is 210 g/mol. The fourth-order valence-electron chi connectivity index (χ4n) is 3.74. The zero-order valence-corrected chi connectivity index (χ0v) is 10.7. The Bertz CT molecular complexity index is 443. The Hall–Kier alpha value is -1.02. The molecule has 0 saturated carbocycles. The second kappa shape index (κ2) is 3.74. The molecule has 0 radical (unpaired) electrons. The summed E-state index contributed by atoms with van der Waals surface area (Å²) >= 11 is 0. The predicted molar refractivity (Wildman–Crippen MR) is 69.4 cm³/mol. The second-order valence-corrected chi connectivity index (χ2v) is 5.84. The Kier molecular flexibility index (Phi) is 2.44. The molecule has 1 unspecified atom stereocenters. The summed E-state index contributed by atoms with van der Waals surface area (Å²) in [5, 5.41) is 9.69. The minimum atomic E-state index is 0.280. The quantitative estimate of drug-likeness (QED) is 0.803. The summed E-state index contributed by atoms with van der Waals surface area (Å²) in [5.74, 6) is 0.418. The van der Waals surface area contributed by atoms with Gasteiger partial charge in [0.1, 0.15) is 5.75 Å². The molecule has 92 valence electrons. The van der Waals surface area contributed by atoms with Gasteiger partial charge in [-0.3, -0.25) is 0 Å². The first kappa shape index (κ1) is 11.1. The number of phenols is 1. The van der Waals surface area contributed by atoms with E-state index in [1.54, 1.807) is 0 Å². The molecule has 0 aromatic heterocycles. The van der Waals surface area contributed by atoms with Gasteiger partial charge in [0.05, 0.1) is 0 Å². The summed E-state index contributed by atoms with van der Waals surface area (Å²) in [6, 6.07) is 6.65. The maximum Gasteiger partial charge on any atom is 0.115 e. The smallest absolute Gasteiger partial charge is 0.115 e. The monoisotopic (exact) mass is 231 g/mol. The van der Waals surface area contributed by atoms with Crippen molar-refractivity contribution in [1.82, 2.24) is 4.90 Å². The normalized spacial score (nSPS) is 32.2. The first-order valence-corrected chi connectivity index (χ1v) is 6.69. The highest BCUT2D eigenvalue weighted by Crippen LogP contribution is 2.45. The molecule has 1 saturated heterocycles. The van der Waals surface area contributed by atoms with Crippen LogP contribution in [0.2, 0.25) is 0 Å². The Labute approximate surface area is 103 Å². The minimum Gasteiger partial charge on any atom is -0.508 e. The lowest BCUT2D eigenvalue weighted by Gasteiger charge is -2.49. The molecule has 1 aromatic carbocycles. The summed E-state index contributed by atoms with van der Waals surface area (Å²) in [7, 11) is 0. The van der Waals surface area contributed by atoms with Crippen LogP contribution in [0.5, 0.6) is 5.75 Å². The van der Waals surface area contributed by atoms with Crippen molar-refractivity contribution in [3.8, 4) is 5.75 Å². The van der Waals surface area contributed by atoms with Crippen LogP contribution in [-0.4, -0.2) is 29.1 Å². The fourth-order valence-corrected chi connectivity index (χ4v) is 3.74. The zero-order valence-electron chi connectivity index (χ0n) is 10.7. The summed E-state index contributed by atoms with van der Waals surface area (Å²) in [6.45, 7) is 6.99. The average molecular weight is 231 g/mol. The maximum absolute atomic E-state index is 9.69. The first-order valence-electron chi connectivity index (χ1n) is 6.69. The van der Waals surface area contributed by atoms with E-state index in [2.05, 4.69) is 24.8 Å². The van der Waals surface area contributed by atoms with Gasteiger partial charge in [0.2, 0.25) is 0 Å². The largest absolute Gasteiger partial charge is 0.508 e. The van der Waals surface area contributed by atoms with E-state index < -0.39 is 0 Å². The van der Waals surface area contributed by atoms with Crippen molar-refractivity contribution in [3.63, 3.8) is 0 Å². The molecule has 3 rings (SSSR count). The van der Waals surface area contributed by atoms with Crippen molar-refractivity contribution in [2.45, 2.75) is 44.6 Å². The summed E-state index contributed by atoms with van der Waals surface area (Å²) in [5.41, 5.74) is 3.12. The second-order valence-electron chi connectivity index (χ2n) is 5.84. The van der Waals surface area contributed by atoms with Crippen LogP contribution >= 0.6 is 0 Å². The number of likely N-dealkylation sites (tertiary alicyclic amines) is 1. The van der Waals surface area contributed by atoms with Crippen molar-refractivity contribution in [2.75, 3.05) is 13.1 Å². The van der Waals surface area contributed by atoms with Gasteiger partial charge in [-0.1, -0.05) is 19.9 Å². The van der Waals surface area contributed by atoms with Gasteiger partial charge in [-0.2, -0.15) is 0 Å². The third kappa shape index (κ3) is 1.66. The molecule has 2 atom stereocenters. The third-order valence-electron chi connectivity index (χ3n) is 4.76. The molecule has 2 aliphatic rings. The molecule has 2 heteroatoms. The van der Waals surface area contributed by atoms with Crippen LogP contribution in [0.1, 0.15) is 37.8 Å². The molecule has 1 aliphatic heterocycles. The minimum absolute atomic E-state index is 0.280. The van der Waals surface area contributed by atoms with E-state index in [0.717, 1.165) is 13.0 Å². The summed E-state index contributed by atoms with van der Waals surface area (Å²) < 4.78 is 0. The van der Waals surface area contributed by atoms with Gasteiger partial charge in [0, 0.05) is 6.04 Å². The fraction of sp³-hybridized carbons (Fsp3) is 0.600. The lowest BCUT2D eigenvalue weighted by atomic mass is 9.65. The van der Waals surface area contributed by atoms with E-state index >= 15 is 0 Å². The standard InChI is InChI=1S/C15H21NO/c1-3-16-7-6-15(2)10-12(16)8-11-4-5-13(17)9-14(11)15/h4-5,9,12,17H,3,6-8,10H2,1-2H3/t12?,15-/m0/s1. The SMILES string of the molecule is CCN1CC[C@@]2(C)CC1Cc1ccc(O)cc12. The Balaban J connectivity index is 2.05. The molecule has 1 aromatic rings. The van der Waals surface area contributed by atoms with Gasteiger partial charge in [-0.05, 0) is 61.0 Å². The Morgan fingerprint density at radius 1 is 1.47 bits per heavy atom. The van der Waals surface area contributed by atoms with Gasteiger partial charge in [-0.25, -0.2) is 0 Å². The van der Waals surface area contributed by atoms with E-state index in [9.17, 15) is 5.11 Å². The molecule has 2 nitrogen and oxygen atoms in total. The number of fused-ring (bicyclic) bond motifs is 4. The van der Waals surface area contributed by atoms with Crippen molar-refractivity contribution in [2.24, 2.45) is 0 Å². The molecule has 17 heavy (non-hydrogen) atoms. The number of piperidine rings is 1. The van der Waals surface area contributed by atoms with Gasteiger partial charge in [0.25, 0.3) is 0 Å². The molecule has 0 spiro atoms. The molecule has 1 aliphatic carbocycles. The van der Waals surface area contributed by atoms with Crippen LogP contribution in [0.4, 0.5) is 0 Å². The van der Waals surface area contributed by atoms with E-state index in [-0.39, 0.29) is 5.41 Å². The molecular formula is C15H21NO. The van der Waals surface area contributed by atoms with Crippen LogP contribution < -0.4 is 0 Å². The van der Waals surface area contributed by atoms with E-state index in [1.165, 1.54) is 30.5 Å². The van der Waals surface area contributed by atoms with Crippen LogP contribution in [0, 0.1) is 0 Å². The van der Waals surface area contributed by atoms with Crippen molar-refractivity contribution in [1.29, 1.82) is 0 Å². The van der Waals surface area contributed by atoms with Gasteiger partial charge in [-0.15, -0.1) is 0 Å². The highest BCUT2D eigenvalue weighted by Gasteiger charge is 2.42. The number of hydrogen-bond donors (Lipinski definition) is 1. The topological polar surface area (TPSA) is 23.5 Å². The van der Waals surface area contributed by atoms with Crippen LogP contribution in [0.15, 0.2) is 18.2 Å². The van der Waals surface area contributed by atoms with Crippen molar-refractivity contribution >= 4 is 0 Å². The predicted octanol–water partition coefficient (Wildman–Crippen LogP) is 2.69. The number of rotatable bonds is 1. The van der Waals surface area contributed by atoms with Crippen LogP contribution in [0.25, 0.3) is 0 Å². The molecule has 1 N–H and O–H groups in total. The number of hydrogen-bond acceptors (Lipinski definition) is 2. The lowest BCUT2D eigenvalue weighted by molar-refractivity contribution is 0.0927. The molecule has 1 fully saturated rings. The number of phenolic OH excluding ortho intramolecular Hbond substituents is 1. The van der Waals surface area contributed by atoms with Gasteiger partial charge < -0.3 is 10.0 Å². The van der Waals surface area contributed by atoms with E-state index in [0.29, 0.717) is 11.8 Å². The number of aromatic hydroxyl groups is 1. The highest BCUT2D eigenvalue weighted by molar-refractivity contribution is 5.43. The van der Waals surface area contributed by atoms with Gasteiger partial charge >= 0.3 is 0 Å². The zero-order chi connectivity index (χ0) is 12.0. The molecule has 1 heterocycles. The highest BCUT2D eigenvalue weighted by atomic mass is 16.3. The Morgan fingerprint density at radius 2 is 2.29 bits per heavy atom. The number of likely N-dealkylation sites (N-methyl/N-ethyl adjacent to an activating group) is 1. The van der Waals surface area contributed by atoms with Crippen molar-refractivity contribution in [3.05, 3.63) is 29.3 Å². The van der Waals surface area contributed by atoms with Gasteiger partial charge in [0.15, 0.2) is 0 Å². The van der Waals surface area contributed by atoms with Crippen LogP contribution in [0.3, 0.4) is 0 Å². The average Bonchev–Trinajstić information content (AvgIpc) is 2.31. The van der Waals surface area contributed by atoms with E-state index in [4.69, 9.17) is 0 Å². The maximum atomic E-state index is 9.69.